The fourth-order valence-electron chi connectivity index (χ4n) is 4.94. The quantitative estimate of drug-likeness (QED) is 0.141. The average Bonchev–Trinajstić information content (AvgIpc) is 3.00. The van der Waals surface area contributed by atoms with Crippen molar-refractivity contribution in [1.82, 2.24) is 9.66 Å². The molecular formula is C35H33BrFN3O4. The highest BCUT2D eigenvalue weighted by molar-refractivity contribution is 9.10. The lowest BCUT2D eigenvalue weighted by Gasteiger charge is -2.18. The number of hydrogen-bond acceptors (Lipinski definition) is 6. The Morgan fingerprint density at radius 1 is 1.02 bits per heavy atom. The van der Waals surface area contributed by atoms with E-state index in [-0.39, 0.29) is 23.9 Å². The molecule has 226 valence electrons. The van der Waals surface area contributed by atoms with Gasteiger partial charge in [-0.2, -0.15) is 9.78 Å². The van der Waals surface area contributed by atoms with E-state index in [0.717, 1.165) is 22.4 Å². The summed E-state index contributed by atoms with van der Waals surface area (Å²) in [7, 11) is 1.54. The van der Waals surface area contributed by atoms with Crippen LogP contribution < -0.4 is 19.8 Å². The van der Waals surface area contributed by atoms with Gasteiger partial charge in [0.25, 0.3) is 5.56 Å². The Balaban J connectivity index is 1.59. The van der Waals surface area contributed by atoms with Gasteiger partial charge < -0.3 is 14.2 Å². The third-order valence-electron chi connectivity index (χ3n) is 7.12. The summed E-state index contributed by atoms with van der Waals surface area (Å²) in [4.78, 5) is 18.7. The van der Waals surface area contributed by atoms with Crippen LogP contribution in [0.15, 0.2) is 87.2 Å². The molecule has 0 bridgehead atoms. The van der Waals surface area contributed by atoms with E-state index in [9.17, 15) is 9.18 Å². The van der Waals surface area contributed by atoms with Crippen LogP contribution in [-0.4, -0.2) is 29.6 Å². The zero-order valence-corrected chi connectivity index (χ0v) is 26.8. The van der Waals surface area contributed by atoms with E-state index in [1.165, 1.54) is 23.9 Å². The Bertz CT molecular complexity index is 1920. The Morgan fingerprint density at radius 2 is 1.82 bits per heavy atom. The van der Waals surface area contributed by atoms with Gasteiger partial charge in [-0.1, -0.05) is 38.1 Å². The van der Waals surface area contributed by atoms with Crippen LogP contribution in [-0.2, 0) is 6.61 Å². The van der Waals surface area contributed by atoms with Crippen molar-refractivity contribution in [2.75, 3.05) is 13.7 Å². The summed E-state index contributed by atoms with van der Waals surface area (Å²) in [6.45, 7) is 8.85. The number of methoxy groups -OCH3 is 1. The van der Waals surface area contributed by atoms with Gasteiger partial charge in [0, 0.05) is 5.56 Å². The van der Waals surface area contributed by atoms with Crippen LogP contribution in [0.3, 0.4) is 0 Å². The van der Waals surface area contributed by atoms with Gasteiger partial charge in [0.1, 0.15) is 18.2 Å². The number of rotatable bonds is 10. The van der Waals surface area contributed by atoms with Gasteiger partial charge >= 0.3 is 0 Å². The molecule has 4 aromatic carbocycles. The van der Waals surface area contributed by atoms with Crippen molar-refractivity contribution in [3.05, 3.63) is 116 Å². The van der Waals surface area contributed by atoms with E-state index in [4.69, 9.17) is 19.2 Å². The average molecular weight is 659 g/mol. The molecule has 0 spiro atoms. The molecule has 0 atom stereocenters. The van der Waals surface area contributed by atoms with Crippen LogP contribution in [0.2, 0.25) is 0 Å². The molecule has 1 heterocycles. The van der Waals surface area contributed by atoms with Crippen molar-refractivity contribution >= 4 is 33.0 Å². The van der Waals surface area contributed by atoms with Crippen LogP contribution in [0.1, 0.15) is 48.9 Å². The SMILES string of the molecule is CCOc1cc(C)c(-c2nc3ccccc3c(=O)n2N=Cc2cc(Br)c(OCc3cccc(F)c3)c(OC)c2)cc1C(C)C. The van der Waals surface area contributed by atoms with Crippen LogP contribution >= 0.6 is 15.9 Å². The highest BCUT2D eigenvalue weighted by Crippen LogP contribution is 2.37. The second kappa shape index (κ2) is 13.4. The zero-order valence-electron chi connectivity index (χ0n) is 25.2. The molecule has 0 unspecified atom stereocenters. The van der Waals surface area contributed by atoms with Crippen molar-refractivity contribution in [2.45, 2.75) is 40.2 Å². The van der Waals surface area contributed by atoms with Crippen LogP contribution in [0, 0.1) is 12.7 Å². The first-order valence-corrected chi connectivity index (χ1v) is 15.1. The highest BCUT2D eigenvalue weighted by atomic mass is 79.9. The number of para-hydroxylation sites is 1. The summed E-state index contributed by atoms with van der Waals surface area (Å²) in [5, 5.41) is 5.11. The normalized spacial score (nSPS) is 11.5. The predicted molar refractivity (Wildman–Crippen MR) is 176 cm³/mol. The molecule has 0 aliphatic carbocycles. The van der Waals surface area contributed by atoms with Gasteiger partial charge in [0.15, 0.2) is 17.3 Å². The smallest absolute Gasteiger partial charge is 0.282 e. The monoisotopic (exact) mass is 657 g/mol. The number of fused-ring (bicyclic) bond motifs is 1. The summed E-state index contributed by atoms with van der Waals surface area (Å²) < 4.78 is 33.1. The number of halogens is 2. The van der Waals surface area contributed by atoms with Crippen molar-refractivity contribution < 1.29 is 18.6 Å². The number of benzene rings is 4. The number of hydrogen-bond donors (Lipinski definition) is 0. The minimum Gasteiger partial charge on any atom is -0.494 e. The Hall–Kier alpha value is -4.50. The fraction of sp³-hybridized carbons (Fsp3) is 0.229. The minimum absolute atomic E-state index is 0.154. The van der Waals surface area contributed by atoms with Gasteiger partial charge in [-0.25, -0.2) is 9.37 Å². The summed E-state index contributed by atoms with van der Waals surface area (Å²) in [6, 6.07) is 21.1. The van der Waals surface area contributed by atoms with Crippen molar-refractivity contribution in [3.63, 3.8) is 0 Å². The van der Waals surface area contributed by atoms with Gasteiger partial charge in [-0.05, 0) is 106 Å². The van der Waals surface area contributed by atoms with Crippen molar-refractivity contribution in [2.24, 2.45) is 5.10 Å². The third-order valence-corrected chi connectivity index (χ3v) is 7.71. The molecule has 0 aliphatic heterocycles. The maximum Gasteiger partial charge on any atom is 0.282 e. The molecule has 0 radical (unpaired) electrons. The predicted octanol–water partition coefficient (Wildman–Crippen LogP) is 8.27. The lowest BCUT2D eigenvalue weighted by Crippen LogP contribution is -2.21. The molecule has 1 aromatic heterocycles. The van der Waals surface area contributed by atoms with Crippen molar-refractivity contribution in [1.29, 1.82) is 0 Å². The third kappa shape index (κ3) is 6.53. The lowest BCUT2D eigenvalue weighted by atomic mass is 9.96. The first-order chi connectivity index (χ1) is 21.2. The molecule has 7 nitrogen and oxygen atoms in total. The van der Waals surface area contributed by atoms with E-state index in [1.54, 1.807) is 30.5 Å². The fourth-order valence-corrected chi connectivity index (χ4v) is 5.51. The maximum absolute atomic E-state index is 13.8. The molecule has 0 amide bonds. The minimum atomic E-state index is -0.331. The molecule has 0 saturated heterocycles. The van der Waals surface area contributed by atoms with E-state index in [1.807, 2.05) is 50.2 Å². The Morgan fingerprint density at radius 3 is 2.55 bits per heavy atom. The molecule has 5 aromatic rings. The van der Waals surface area contributed by atoms with Crippen molar-refractivity contribution in [3.8, 4) is 28.6 Å². The molecule has 0 fully saturated rings. The number of nitrogens with zero attached hydrogens (tertiary/aromatic N) is 3. The molecule has 44 heavy (non-hydrogen) atoms. The van der Waals surface area contributed by atoms with E-state index in [2.05, 4.69) is 34.9 Å². The zero-order chi connectivity index (χ0) is 31.4. The van der Waals surface area contributed by atoms with E-state index >= 15 is 0 Å². The van der Waals surface area contributed by atoms with Gasteiger partial charge in [0.05, 0.1) is 35.3 Å². The number of ether oxygens (including phenoxy) is 3. The Labute approximate surface area is 264 Å². The number of aromatic nitrogens is 2. The topological polar surface area (TPSA) is 74.9 Å². The second-order valence-corrected chi connectivity index (χ2v) is 11.4. The molecule has 0 saturated carbocycles. The largest absolute Gasteiger partial charge is 0.494 e. The number of aryl methyl sites for hydroxylation is 1. The summed E-state index contributed by atoms with van der Waals surface area (Å²) in [5.74, 6) is 2.01. The first-order valence-electron chi connectivity index (χ1n) is 14.3. The highest BCUT2D eigenvalue weighted by Gasteiger charge is 2.19. The summed E-state index contributed by atoms with van der Waals surface area (Å²) >= 11 is 3.57. The molecular weight excluding hydrogens is 625 g/mol. The molecule has 0 aliphatic rings. The van der Waals surface area contributed by atoms with Gasteiger partial charge in [-0.15, -0.1) is 0 Å². The lowest BCUT2D eigenvalue weighted by molar-refractivity contribution is 0.282. The van der Waals surface area contributed by atoms with E-state index in [0.29, 0.717) is 50.4 Å². The van der Waals surface area contributed by atoms with E-state index < -0.39 is 0 Å². The maximum atomic E-state index is 13.8. The Kier molecular flexibility index (Phi) is 9.44. The second-order valence-electron chi connectivity index (χ2n) is 10.6. The van der Waals surface area contributed by atoms with Crippen LogP contribution in [0.4, 0.5) is 4.39 Å². The van der Waals surface area contributed by atoms with Gasteiger partial charge in [0.2, 0.25) is 0 Å². The molecule has 5 rings (SSSR count). The molecule has 0 N–H and O–H groups in total. The molecule has 9 heteroatoms. The first kappa shape index (κ1) is 30.9. The summed E-state index contributed by atoms with van der Waals surface area (Å²) in [5.41, 5.74) is 4.36. The standard InChI is InChI=1S/C35H33BrFN3O4/c1-6-43-31-14-22(4)28(18-27(31)21(2)3)34-39-30-13-8-7-12-26(30)35(41)40(34)38-19-24-16-29(36)33(32(17-24)42-5)44-20-23-10-9-11-25(37)15-23/h7-19,21H,6,20H2,1-5H3. The summed E-state index contributed by atoms with van der Waals surface area (Å²) in [6.07, 6.45) is 1.58. The van der Waals surface area contributed by atoms with Crippen LogP contribution in [0.5, 0.6) is 17.2 Å². The van der Waals surface area contributed by atoms with Crippen LogP contribution in [0.25, 0.3) is 22.3 Å². The van der Waals surface area contributed by atoms with Gasteiger partial charge in [-0.3, -0.25) is 4.79 Å².